The summed E-state index contributed by atoms with van der Waals surface area (Å²) >= 11 is 0. The summed E-state index contributed by atoms with van der Waals surface area (Å²) in [5, 5.41) is 3.26. The molecule has 21 heavy (non-hydrogen) atoms. The Morgan fingerprint density at radius 2 is 1.62 bits per heavy atom. The van der Waals surface area contributed by atoms with Crippen molar-refractivity contribution in [1.82, 2.24) is 20.0 Å². The lowest BCUT2D eigenvalue weighted by molar-refractivity contribution is 0.120. The Morgan fingerprint density at radius 1 is 1.00 bits per heavy atom. The number of piperazine rings is 1. The van der Waals surface area contributed by atoms with Crippen LogP contribution in [-0.2, 0) is 13.1 Å². The Morgan fingerprint density at radius 3 is 2.24 bits per heavy atom. The van der Waals surface area contributed by atoms with Gasteiger partial charge in [0.15, 0.2) is 0 Å². The second kappa shape index (κ2) is 8.49. The summed E-state index contributed by atoms with van der Waals surface area (Å²) in [4.78, 5) is 7.43. The van der Waals surface area contributed by atoms with E-state index in [-0.39, 0.29) is 0 Å². The molecule has 0 bridgehead atoms. The smallest absolute Gasteiger partial charge is 0.0238 e. The zero-order valence-corrected chi connectivity index (χ0v) is 13.8. The normalized spacial score (nSPS) is 17.5. The molecule has 1 aromatic carbocycles. The third kappa shape index (κ3) is 5.40. The first-order valence-corrected chi connectivity index (χ1v) is 8.00. The van der Waals surface area contributed by atoms with Crippen molar-refractivity contribution in [3.63, 3.8) is 0 Å². The van der Waals surface area contributed by atoms with Crippen LogP contribution in [0.15, 0.2) is 24.3 Å². The van der Waals surface area contributed by atoms with E-state index in [1.54, 1.807) is 0 Å². The molecule has 1 aliphatic rings. The number of hydrogen-bond acceptors (Lipinski definition) is 4. The molecule has 2 rings (SSSR count). The third-order valence-electron chi connectivity index (χ3n) is 4.21. The zero-order valence-electron chi connectivity index (χ0n) is 13.8. The summed E-state index contributed by atoms with van der Waals surface area (Å²) in [7, 11) is 6.31. The van der Waals surface area contributed by atoms with Gasteiger partial charge >= 0.3 is 0 Å². The number of likely N-dealkylation sites (N-methyl/N-ethyl adjacent to an activating group) is 1. The maximum absolute atomic E-state index is 3.26. The van der Waals surface area contributed by atoms with Crippen LogP contribution in [0.3, 0.4) is 0 Å². The summed E-state index contributed by atoms with van der Waals surface area (Å²) < 4.78 is 0. The lowest BCUT2D eigenvalue weighted by atomic mass is 10.1. The molecule has 0 spiro atoms. The van der Waals surface area contributed by atoms with Gasteiger partial charge in [0.2, 0.25) is 0 Å². The second-order valence-corrected chi connectivity index (χ2v) is 6.22. The first-order valence-electron chi connectivity index (χ1n) is 8.00. The maximum atomic E-state index is 3.26. The summed E-state index contributed by atoms with van der Waals surface area (Å²) in [5.41, 5.74) is 2.89. The van der Waals surface area contributed by atoms with Crippen LogP contribution >= 0.6 is 0 Å². The molecule has 0 amide bonds. The molecule has 0 aromatic heterocycles. The van der Waals surface area contributed by atoms with Gasteiger partial charge in [0.25, 0.3) is 0 Å². The first-order chi connectivity index (χ1) is 10.2. The molecule has 1 heterocycles. The lowest BCUT2D eigenvalue weighted by Gasteiger charge is -2.35. The summed E-state index contributed by atoms with van der Waals surface area (Å²) in [5.74, 6) is 0. The predicted octanol–water partition coefficient (Wildman–Crippen LogP) is 1.09. The number of nitrogens with one attached hydrogen (secondary N) is 1. The van der Waals surface area contributed by atoms with Gasteiger partial charge in [-0.1, -0.05) is 24.3 Å². The summed E-state index contributed by atoms with van der Waals surface area (Å²) in [6.07, 6.45) is 0. The van der Waals surface area contributed by atoms with Crippen LogP contribution in [0.1, 0.15) is 11.1 Å². The average molecular weight is 290 g/mol. The fourth-order valence-corrected chi connectivity index (χ4v) is 2.83. The van der Waals surface area contributed by atoms with Crippen molar-refractivity contribution in [3.8, 4) is 0 Å². The number of benzene rings is 1. The van der Waals surface area contributed by atoms with Crippen LogP contribution in [-0.4, -0.2) is 75.1 Å². The van der Waals surface area contributed by atoms with E-state index in [2.05, 4.69) is 58.4 Å². The van der Waals surface area contributed by atoms with Crippen molar-refractivity contribution in [2.24, 2.45) is 0 Å². The van der Waals surface area contributed by atoms with Gasteiger partial charge in [0.05, 0.1) is 0 Å². The Balaban J connectivity index is 1.81. The van der Waals surface area contributed by atoms with Gasteiger partial charge in [-0.3, -0.25) is 9.80 Å². The Hall–Kier alpha value is -0.940. The zero-order chi connectivity index (χ0) is 15.1. The number of rotatable bonds is 7. The standard InChI is InChI=1S/C17H30N4/c1-18-14-16-6-4-5-7-17(16)15-21-12-10-20(11-13-21)9-8-19(2)3/h4-7,18H,8-15H2,1-3H3. The van der Waals surface area contributed by atoms with Gasteiger partial charge in [-0.15, -0.1) is 0 Å². The van der Waals surface area contributed by atoms with Gasteiger partial charge < -0.3 is 10.2 Å². The van der Waals surface area contributed by atoms with Gasteiger partial charge in [0.1, 0.15) is 0 Å². The molecule has 1 aromatic rings. The highest BCUT2D eigenvalue weighted by molar-refractivity contribution is 5.27. The minimum absolute atomic E-state index is 0.957. The van der Waals surface area contributed by atoms with Crippen molar-refractivity contribution in [2.45, 2.75) is 13.1 Å². The van der Waals surface area contributed by atoms with Crippen molar-refractivity contribution >= 4 is 0 Å². The molecule has 4 heteroatoms. The van der Waals surface area contributed by atoms with Crippen molar-refractivity contribution in [1.29, 1.82) is 0 Å². The monoisotopic (exact) mass is 290 g/mol. The van der Waals surface area contributed by atoms with E-state index in [4.69, 9.17) is 0 Å². The topological polar surface area (TPSA) is 21.8 Å². The molecular weight excluding hydrogens is 260 g/mol. The van der Waals surface area contributed by atoms with E-state index in [0.29, 0.717) is 0 Å². The van der Waals surface area contributed by atoms with Crippen LogP contribution in [0.4, 0.5) is 0 Å². The molecule has 0 radical (unpaired) electrons. The van der Waals surface area contributed by atoms with Crippen LogP contribution in [0.5, 0.6) is 0 Å². The summed E-state index contributed by atoms with van der Waals surface area (Å²) in [6.45, 7) is 9.15. The predicted molar refractivity (Wildman–Crippen MR) is 89.5 cm³/mol. The fourth-order valence-electron chi connectivity index (χ4n) is 2.83. The lowest BCUT2D eigenvalue weighted by Crippen LogP contribution is -2.47. The third-order valence-corrected chi connectivity index (χ3v) is 4.21. The van der Waals surface area contributed by atoms with Crippen molar-refractivity contribution in [2.75, 3.05) is 60.4 Å². The molecule has 1 aliphatic heterocycles. The Labute approximate surface area is 129 Å². The quantitative estimate of drug-likeness (QED) is 0.811. The van der Waals surface area contributed by atoms with Crippen molar-refractivity contribution in [3.05, 3.63) is 35.4 Å². The molecular formula is C17H30N4. The van der Waals surface area contributed by atoms with Gasteiger partial charge in [-0.2, -0.15) is 0 Å². The van der Waals surface area contributed by atoms with Crippen LogP contribution < -0.4 is 5.32 Å². The molecule has 0 atom stereocenters. The van der Waals surface area contributed by atoms with Crippen molar-refractivity contribution < 1.29 is 0 Å². The molecule has 0 aliphatic carbocycles. The van der Waals surface area contributed by atoms with Gasteiger partial charge in [0, 0.05) is 52.4 Å². The maximum Gasteiger partial charge on any atom is 0.0238 e. The van der Waals surface area contributed by atoms with E-state index in [0.717, 1.165) is 19.6 Å². The highest BCUT2D eigenvalue weighted by Crippen LogP contribution is 2.13. The fraction of sp³-hybridized carbons (Fsp3) is 0.647. The largest absolute Gasteiger partial charge is 0.316 e. The first kappa shape index (κ1) is 16.4. The molecule has 1 fully saturated rings. The molecule has 0 unspecified atom stereocenters. The van der Waals surface area contributed by atoms with Gasteiger partial charge in [-0.25, -0.2) is 0 Å². The van der Waals surface area contributed by atoms with E-state index in [1.165, 1.54) is 43.9 Å². The molecule has 4 nitrogen and oxygen atoms in total. The van der Waals surface area contributed by atoms with Crippen LogP contribution in [0, 0.1) is 0 Å². The number of hydrogen-bond donors (Lipinski definition) is 1. The highest BCUT2D eigenvalue weighted by Gasteiger charge is 2.17. The Kier molecular flexibility index (Phi) is 6.64. The minimum atomic E-state index is 0.957. The average Bonchev–Trinajstić information content (AvgIpc) is 2.49. The van der Waals surface area contributed by atoms with Crippen LogP contribution in [0.2, 0.25) is 0 Å². The van der Waals surface area contributed by atoms with E-state index in [1.807, 2.05) is 7.05 Å². The SMILES string of the molecule is CNCc1ccccc1CN1CCN(CCN(C)C)CC1. The molecule has 0 saturated carbocycles. The second-order valence-electron chi connectivity index (χ2n) is 6.22. The Bertz CT molecular complexity index is 411. The molecule has 118 valence electrons. The molecule has 1 N–H and O–H groups in total. The van der Waals surface area contributed by atoms with Crippen LogP contribution in [0.25, 0.3) is 0 Å². The van der Waals surface area contributed by atoms with Gasteiger partial charge in [-0.05, 0) is 32.3 Å². The number of nitrogens with zero attached hydrogens (tertiary/aromatic N) is 3. The minimum Gasteiger partial charge on any atom is -0.316 e. The van der Waals surface area contributed by atoms with E-state index in [9.17, 15) is 0 Å². The summed E-state index contributed by atoms with van der Waals surface area (Å²) in [6, 6.07) is 8.79. The van der Waals surface area contributed by atoms with E-state index < -0.39 is 0 Å². The van der Waals surface area contributed by atoms with E-state index >= 15 is 0 Å². The highest BCUT2D eigenvalue weighted by atomic mass is 15.3. The molecule has 1 saturated heterocycles.